The first-order chi connectivity index (χ1) is 7.84. The number of fused-ring (bicyclic) bond motifs is 2. The number of ether oxygens (including phenoxy) is 1. The van der Waals surface area contributed by atoms with Crippen molar-refractivity contribution in [2.24, 2.45) is 0 Å². The van der Waals surface area contributed by atoms with Crippen LogP contribution in [-0.2, 0) is 0 Å². The van der Waals surface area contributed by atoms with E-state index in [2.05, 4.69) is 5.32 Å². The molecule has 1 fully saturated rings. The molecule has 1 aliphatic carbocycles. The number of aliphatic hydroxyl groups excluding tert-OH is 1. The molecule has 1 saturated carbocycles. The van der Waals surface area contributed by atoms with Crippen molar-refractivity contribution in [1.29, 1.82) is 0 Å². The van der Waals surface area contributed by atoms with Crippen LogP contribution in [0.25, 0.3) is 0 Å². The molecule has 0 saturated heterocycles. The molecule has 1 aromatic carbocycles. The van der Waals surface area contributed by atoms with Crippen LogP contribution in [0.3, 0.4) is 0 Å². The zero-order chi connectivity index (χ0) is 11.0. The van der Waals surface area contributed by atoms with Gasteiger partial charge in [-0.2, -0.15) is 0 Å². The molecule has 86 valence electrons. The van der Waals surface area contributed by atoms with Crippen molar-refractivity contribution in [3.05, 3.63) is 24.3 Å². The largest absolute Gasteiger partial charge is 0.486 e. The van der Waals surface area contributed by atoms with E-state index in [0.717, 1.165) is 37.1 Å². The van der Waals surface area contributed by atoms with E-state index < -0.39 is 0 Å². The highest BCUT2D eigenvalue weighted by Crippen LogP contribution is 2.35. The van der Waals surface area contributed by atoms with Gasteiger partial charge in [0.1, 0.15) is 11.9 Å². The van der Waals surface area contributed by atoms with Crippen LogP contribution < -0.4 is 10.1 Å². The summed E-state index contributed by atoms with van der Waals surface area (Å²) in [6, 6.07) is 8.00. The van der Waals surface area contributed by atoms with Crippen LogP contribution in [0.15, 0.2) is 24.3 Å². The fraction of sp³-hybridized carbons (Fsp3) is 0.538. The topological polar surface area (TPSA) is 41.5 Å². The van der Waals surface area contributed by atoms with E-state index in [1.807, 2.05) is 24.3 Å². The van der Waals surface area contributed by atoms with Crippen LogP contribution in [0.1, 0.15) is 25.7 Å². The number of hydrogen-bond acceptors (Lipinski definition) is 3. The number of benzene rings is 1. The zero-order valence-electron chi connectivity index (χ0n) is 9.23. The number of anilines is 1. The fourth-order valence-electron chi connectivity index (χ4n) is 2.66. The lowest BCUT2D eigenvalue weighted by molar-refractivity contribution is 0.0751. The quantitative estimate of drug-likeness (QED) is 0.702. The summed E-state index contributed by atoms with van der Waals surface area (Å²) in [4.78, 5) is 0. The van der Waals surface area contributed by atoms with Gasteiger partial charge in [-0.15, -0.1) is 0 Å². The molecule has 0 unspecified atom stereocenters. The molecule has 2 aliphatic rings. The minimum absolute atomic E-state index is 0.0531. The smallest absolute Gasteiger partial charge is 0.142 e. The number of hydrogen-bond donors (Lipinski definition) is 2. The maximum Gasteiger partial charge on any atom is 0.142 e. The molecule has 0 aromatic heterocycles. The second kappa shape index (κ2) is 3.98. The van der Waals surface area contributed by atoms with Crippen LogP contribution in [-0.4, -0.2) is 23.4 Å². The molecule has 0 amide bonds. The van der Waals surface area contributed by atoms with Crippen molar-refractivity contribution in [2.45, 2.75) is 43.9 Å². The van der Waals surface area contributed by atoms with Crippen molar-refractivity contribution < 1.29 is 9.84 Å². The molecule has 0 radical (unpaired) electrons. The monoisotopic (exact) mass is 219 g/mol. The molecule has 1 aliphatic heterocycles. The van der Waals surface area contributed by atoms with Crippen molar-refractivity contribution in [3.63, 3.8) is 0 Å². The molecule has 3 rings (SSSR count). The van der Waals surface area contributed by atoms with Gasteiger partial charge < -0.3 is 15.2 Å². The summed E-state index contributed by atoms with van der Waals surface area (Å²) in [6.07, 6.45) is 3.97. The van der Waals surface area contributed by atoms with E-state index in [4.69, 9.17) is 4.74 Å². The van der Waals surface area contributed by atoms with Crippen LogP contribution >= 0.6 is 0 Å². The third kappa shape index (κ3) is 1.65. The summed E-state index contributed by atoms with van der Waals surface area (Å²) in [7, 11) is 0. The Morgan fingerprint density at radius 3 is 2.94 bits per heavy atom. The van der Waals surface area contributed by atoms with Crippen molar-refractivity contribution in [3.8, 4) is 5.75 Å². The number of para-hydroxylation sites is 2. The van der Waals surface area contributed by atoms with Gasteiger partial charge in [0.05, 0.1) is 17.8 Å². The Bertz CT molecular complexity index is 380. The molecule has 3 nitrogen and oxygen atoms in total. The highest BCUT2D eigenvalue weighted by molar-refractivity contribution is 5.58. The second-order valence-corrected chi connectivity index (χ2v) is 4.67. The molecule has 3 heteroatoms. The van der Waals surface area contributed by atoms with E-state index in [1.165, 1.54) is 0 Å². The molecule has 3 atom stereocenters. The zero-order valence-corrected chi connectivity index (χ0v) is 9.23. The van der Waals surface area contributed by atoms with Crippen molar-refractivity contribution >= 4 is 5.69 Å². The Labute approximate surface area is 95.4 Å². The normalized spacial score (nSPS) is 32.7. The first-order valence-electron chi connectivity index (χ1n) is 6.05. The fourth-order valence-corrected chi connectivity index (χ4v) is 2.66. The van der Waals surface area contributed by atoms with Crippen LogP contribution in [0, 0.1) is 0 Å². The lowest BCUT2D eigenvalue weighted by Crippen LogP contribution is -2.47. The van der Waals surface area contributed by atoms with E-state index in [0.29, 0.717) is 0 Å². The molecule has 16 heavy (non-hydrogen) atoms. The van der Waals surface area contributed by atoms with Gasteiger partial charge in [-0.05, 0) is 31.4 Å². The predicted octanol–water partition coefficient (Wildman–Crippen LogP) is 2.16. The number of rotatable bonds is 0. The highest BCUT2D eigenvalue weighted by atomic mass is 16.5. The number of nitrogens with one attached hydrogen (secondary N) is 1. The first-order valence-corrected chi connectivity index (χ1v) is 6.05. The van der Waals surface area contributed by atoms with Gasteiger partial charge in [-0.25, -0.2) is 0 Å². The Hall–Kier alpha value is -1.22. The average molecular weight is 219 g/mol. The Balaban J connectivity index is 1.90. The Morgan fingerprint density at radius 2 is 2.00 bits per heavy atom. The Morgan fingerprint density at radius 1 is 1.19 bits per heavy atom. The highest BCUT2D eigenvalue weighted by Gasteiger charge is 2.35. The van der Waals surface area contributed by atoms with E-state index in [1.54, 1.807) is 0 Å². The molecular weight excluding hydrogens is 202 g/mol. The molecule has 0 spiro atoms. The minimum atomic E-state index is -0.291. The minimum Gasteiger partial charge on any atom is -0.486 e. The summed E-state index contributed by atoms with van der Waals surface area (Å²) in [6.45, 7) is 0. The van der Waals surface area contributed by atoms with Gasteiger partial charge in [0.2, 0.25) is 0 Å². The maximum atomic E-state index is 10.1. The lowest BCUT2D eigenvalue weighted by atomic mass is 10.0. The van der Waals surface area contributed by atoms with Crippen molar-refractivity contribution in [2.75, 3.05) is 5.32 Å². The summed E-state index contributed by atoms with van der Waals surface area (Å²) in [5, 5.41) is 13.5. The van der Waals surface area contributed by atoms with Crippen LogP contribution in [0.2, 0.25) is 0 Å². The SMILES string of the molecule is O[C@H]1CCCC[C@H]2Oc3ccccc3N[C@@H]12. The molecule has 1 aromatic rings. The van der Waals surface area contributed by atoms with Gasteiger partial charge in [-0.3, -0.25) is 0 Å². The van der Waals surface area contributed by atoms with Crippen LogP contribution in [0.5, 0.6) is 5.75 Å². The standard InChI is InChI=1S/C13H17NO2/c15-10-6-2-4-8-12-13(10)14-9-5-1-3-7-11(9)16-12/h1,3,5,7,10,12-15H,2,4,6,8H2/t10-,12+,13-/m0/s1. The maximum absolute atomic E-state index is 10.1. The van der Waals surface area contributed by atoms with E-state index >= 15 is 0 Å². The van der Waals surface area contributed by atoms with Gasteiger partial charge in [0, 0.05) is 0 Å². The third-order valence-corrected chi connectivity index (χ3v) is 3.54. The third-order valence-electron chi connectivity index (χ3n) is 3.54. The summed E-state index contributed by atoms with van der Waals surface area (Å²) >= 11 is 0. The lowest BCUT2D eigenvalue weighted by Gasteiger charge is -2.36. The van der Waals surface area contributed by atoms with Gasteiger partial charge in [0.15, 0.2) is 0 Å². The van der Waals surface area contributed by atoms with Gasteiger partial charge >= 0.3 is 0 Å². The molecule has 0 bridgehead atoms. The molecular formula is C13H17NO2. The predicted molar refractivity (Wildman–Crippen MR) is 62.7 cm³/mol. The average Bonchev–Trinajstić information content (AvgIpc) is 2.49. The van der Waals surface area contributed by atoms with Crippen molar-refractivity contribution in [1.82, 2.24) is 0 Å². The number of aliphatic hydroxyl groups is 1. The molecule has 2 N–H and O–H groups in total. The van der Waals surface area contributed by atoms with Gasteiger partial charge in [-0.1, -0.05) is 18.6 Å². The van der Waals surface area contributed by atoms with E-state index in [-0.39, 0.29) is 18.2 Å². The molecule has 1 heterocycles. The Kier molecular flexibility index (Phi) is 2.48. The second-order valence-electron chi connectivity index (χ2n) is 4.67. The first kappa shape index (κ1) is 9.97. The van der Waals surface area contributed by atoms with E-state index in [9.17, 15) is 5.11 Å². The van der Waals surface area contributed by atoms with Gasteiger partial charge in [0.25, 0.3) is 0 Å². The summed E-state index contributed by atoms with van der Waals surface area (Å²) in [5.74, 6) is 0.915. The van der Waals surface area contributed by atoms with Crippen LogP contribution in [0.4, 0.5) is 5.69 Å². The summed E-state index contributed by atoms with van der Waals surface area (Å²) in [5.41, 5.74) is 1.00. The summed E-state index contributed by atoms with van der Waals surface area (Å²) < 4.78 is 5.96.